The second kappa shape index (κ2) is 8.16. The van der Waals surface area contributed by atoms with Gasteiger partial charge in [0, 0.05) is 34.5 Å². The van der Waals surface area contributed by atoms with Crippen LogP contribution in [0.2, 0.25) is 5.02 Å². The Morgan fingerprint density at radius 3 is 2.26 bits per heavy atom. The van der Waals surface area contributed by atoms with Gasteiger partial charge in [0.2, 0.25) is 5.78 Å². The van der Waals surface area contributed by atoms with Gasteiger partial charge < -0.3 is 4.40 Å². The Balaban J connectivity index is 1.72. The minimum Gasteiger partial charge on any atom is -0.313 e. The van der Waals surface area contributed by atoms with E-state index in [0.717, 1.165) is 11.1 Å². The number of rotatable bonds is 6. The standard InChI is InChI=1S/C24H17ClN2O4/c1-15(28)21-14-23(24(29)18-4-6-19(25)7-5-18)26-11-10-17(13-22(21)26)12-16-2-8-20(9-3-16)27(30)31/h2-11,13-14H,12H2,1H3. The number of pyridine rings is 1. The number of non-ortho nitro benzene ring substituents is 1. The molecule has 2 heterocycles. The van der Waals surface area contributed by atoms with Gasteiger partial charge in [0.1, 0.15) is 0 Å². The summed E-state index contributed by atoms with van der Waals surface area (Å²) in [5.74, 6) is -0.345. The molecule has 0 saturated carbocycles. The number of ketones is 2. The number of hydrogen-bond donors (Lipinski definition) is 0. The molecule has 2 aromatic carbocycles. The van der Waals surface area contributed by atoms with Crippen LogP contribution < -0.4 is 0 Å². The van der Waals surface area contributed by atoms with Crippen LogP contribution in [0, 0.1) is 10.1 Å². The van der Waals surface area contributed by atoms with Crippen molar-refractivity contribution in [2.75, 3.05) is 0 Å². The van der Waals surface area contributed by atoms with E-state index in [9.17, 15) is 19.7 Å². The zero-order valence-electron chi connectivity index (χ0n) is 16.5. The summed E-state index contributed by atoms with van der Waals surface area (Å²) in [4.78, 5) is 35.7. The monoisotopic (exact) mass is 432 g/mol. The summed E-state index contributed by atoms with van der Waals surface area (Å²) >= 11 is 5.92. The van der Waals surface area contributed by atoms with E-state index in [2.05, 4.69) is 0 Å². The molecule has 0 unspecified atom stereocenters. The van der Waals surface area contributed by atoms with E-state index < -0.39 is 4.92 Å². The number of nitrogens with zero attached hydrogens (tertiary/aromatic N) is 2. The van der Waals surface area contributed by atoms with E-state index in [1.54, 1.807) is 53.1 Å². The molecule has 0 atom stereocenters. The van der Waals surface area contributed by atoms with Gasteiger partial charge in [-0.25, -0.2) is 0 Å². The van der Waals surface area contributed by atoms with E-state index in [-0.39, 0.29) is 17.3 Å². The van der Waals surface area contributed by atoms with Crippen LogP contribution in [0.1, 0.15) is 44.5 Å². The lowest BCUT2D eigenvalue weighted by Crippen LogP contribution is -2.05. The molecular formula is C24H17ClN2O4. The molecule has 0 N–H and O–H groups in total. The predicted octanol–water partition coefficient (Wildman–Crippen LogP) is 5.53. The first kappa shape index (κ1) is 20.5. The lowest BCUT2D eigenvalue weighted by atomic mass is 10.0. The minimum absolute atomic E-state index is 0.0370. The number of nitro benzene ring substituents is 1. The van der Waals surface area contributed by atoms with Gasteiger partial charge in [-0.1, -0.05) is 23.7 Å². The van der Waals surface area contributed by atoms with Crippen LogP contribution in [0.3, 0.4) is 0 Å². The van der Waals surface area contributed by atoms with Crippen molar-refractivity contribution in [1.29, 1.82) is 0 Å². The van der Waals surface area contributed by atoms with E-state index in [4.69, 9.17) is 11.6 Å². The normalized spacial score (nSPS) is 10.9. The van der Waals surface area contributed by atoms with Crippen LogP contribution in [-0.4, -0.2) is 20.9 Å². The smallest absolute Gasteiger partial charge is 0.269 e. The molecule has 0 amide bonds. The SMILES string of the molecule is CC(=O)c1cc(C(=O)c2ccc(Cl)cc2)n2ccc(Cc3ccc([N+](=O)[O-])cc3)cc12. The topological polar surface area (TPSA) is 81.7 Å². The lowest BCUT2D eigenvalue weighted by molar-refractivity contribution is -0.384. The first-order valence-electron chi connectivity index (χ1n) is 9.52. The lowest BCUT2D eigenvalue weighted by Gasteiger charge is -2.07. The fourth-order valence-electron chi connectivity index (χ4n) is 3.53. The van der Waals surface area contributed by atoms with Crippen LogP contribution in [-0.2, 0) is 6.42 Å². The Bertz CT molecular complexity index is 1320. The van der Waals surface area contributed by atoms with Crippen molar-refractivity contribution in [3.63, 3.8) is 0 Å². The van der Waals surface area contributed by atoms with Crippen LogP contribution in [0.15, 0.2) is 72.9 Å². The van der Waals surface area contributed by atoms with Crippen molar-refractivity contribution >= 4 is 34.4 Å². The molecule has 0 aliphatic rings. The number of aromatic nitrogens is 1. The molecule has 0 aliphatic heterocycles. The molecule has 154 valence electrons. The van der Waals surface area contributed by atoms with Gasteiger partial charge in [-0.05, 0) is 66.9 Å². The number of carbonyl (C=O) groups is 2. The molecule has 4 aromatic rings. The molecule has 6 nitrogen and oxygen atoms in total. The van der Waals surface area contributed by atoms with Crippen molar-refractivity contribution in [2.45, 2.75) is 13.3 Å². The highest BCUT2D eigenvalue weighted by Gasteiger charge is 2.19. The molecule has 4 rings (SSSR count). The zero-order chi connectivity index (χ0) is 22.1. The average Bonchev–Trinajstić information content (AvgIpc) is 3.13. The Labute approximate surface area is 182 Å². The first-order chi connectivity index (χ1) is 14.8. The molecule has 0 aliphatic carbocycles. The fraction of sp³-hybridized carbons (Fsp3) is 0.0833. The molecule has 0 spiro atoms. The van der Waals surface area contributed by atoms with Gasteiger partial charge in [-0.2, -0.15) is 0 Å². The van der Waals surface area contributed by atoms with Crippen molar-refractivity contribution in [3.05, 3.63) is 116 Å². The molecule has 0 bridgehead atoms. The van der Waals surface area contributed by atoms with Crippen molar-refractivity contribution < 1.29 is 14.5 Å². The van der Waals surface area contributed by atoms with Crippen molar-refractivity contribution in [1.82, 2.24) is 4.40 Å². The minimum atomic E-state index is -0.436. The number of nitro groups is 1. The third kappa shape index (κ3) is 4.11. The highest BCUT2D eigenvalue weighted by atomic mass is 35.5. The Kier molecular flexibility index (Phi) is 5.40. The predicted molar refractivity (Wildman–Crippen MR) is 118 cm³/mol. The van der Waals surface area contributed by atoms with E-state index in [0.29, 0.717) is 33.8 Å². The molecule has 2 aromatic heterocycles. The van der Waals surface area contributed by atoms with Crippen molar-refractivity contribution in [3.8, 4) is 0 Å². The molecule has 31 heavy (non-hydrogen) atoms. The summed E-state index contributed by atoms with van der Waals surface area (Å²) in [6, 6.07) is 18.3. The largest absolute Gasteiger partial charge is 0.313 e. The van der Waals surface area contributed by atoms with Crippen molar-refractivity contribution in [2.24, 2.45) is 0 Å². The summed E-state index contributed by atoms with van der Waals surface area (Å²) in [5.41, 5.74) is 3.84. The molecule has 0 fully saturated rings. The van der Waals surface area contributed by atoms with E-state index in [1.807, 2.05) is 12.1 Å². The van der Waals surface area contributed by atoms with Crippen LogP contribution in [0.5, 0.6) is 0 Å². The second-order valence-electron chi connectivity index (χ2n) is 7.23. The average molecular weight is 433 g/mol. The third-order valence-electron chi connectivity index (χ3n) is 5.11. The Morgan fingerprint density at radius 2 is 1.65 bits per heavy atom. The van der Waals surface area contributed by atoms with Gasteiger partial charge in [-0.3, -0.25) is 19.7 Å². The zero-order valence-corrected chi connectivity index (χ0v) is 17.3. The maximum atomic E-state index is 13.0. The number of halogens is 1. The van der Waals surface area contributed by atoms with Crippen LogP contribution in [0.25, 0.3) is 5.52 Å². The first-order valence-corrected chi connectivity index (χ1v) is 9.90. The van der Waals surface area contributed by atoms with Gasteiger partial charge in [0.05, 0.1) is 16.1 Å². The molecule has 0 saturated heterocycles. The van der Waals surface area contributed by atoms with Crippen LogP contribution in [0.4, 0.5) is 5.69 Å². The summed E-state index contributed by atoms with van der Waals surface area (Å²) in [7, 11) is 0. The number of hydrogen-bond acceptors (Lipinski definition) is 4. The highest BCUT2D eigenvalue weighted by molar-refractivity contribution is 6.30. The Hall–Kier alpha value is -3.77. The summed E-state index contributed by atoms with van der Waals surface area (Å²) in [6.45, 7) is 1.47. The molecule has 0 radical (unpaired) electrons. The number of benzene rings is 2. The van der Waals surface area contributed by atoms with E-state index in [1.165, 1.54) is 19.1 Å². The van der Waals surface area contributed by atoms with Gasteiger partial charge >= 0.3 is 0 Å². The quantitative estimate of drug-likeness (QED) is 0.228. The maximum Gasteiger partial charge on any atom is 0.269 e. The number of carbonyl (C=O) groups excluding carboxylic acids is 2. The number of fused-ring (bicyclic) bond motifs is 1. The highest BCUT2D eigenvalue weighted by Crippen LogP contribution is 2.24. The van der Waals surface area contributed by atoms with Crippen LogP contribution >= 0.6 is 11.6 Å². The summed E-state index contributed by atoms with van der Waals surface area (Å²) in [6.07, 6.45) is 2.31. The fourth-order valence-corrected chi connectivity index (χ4v) is 3.65. The van der Waals surface area contributed by atoms with E-state index >= 15 is 0 Å². The summed E-state index contributed by atoms with van der Waals surface area (Å²) < 4.78 is 1.72. The van der Waals surface area contributed by atoms with Gasteiger partial charge in [-0.15, -0.1) is 0 Å². The van der Waals surface area contributed by atoms with Gasteiger partial charge in [0.15, 0.2) is 5.78 Å². The van der Waals surface area contributed by atoms with Gasteiger partial charge in [0.25, 0.3) is 5.69 Å². The summed E-state index contributed by atoms with van der Waals surface area (Å²) in [5, 5.41) is 11.4. The third-order valence-corrected chi connectivity index (χ3v) is 5.36. The number of Topliss-reactive ketones (excluding diaryl/α,β-unsaturated/α-hetero) is 1. The molecule has 7 heteroatoms. The maximum absolute atomic E-state index is 13.0. The molecular weight excluding hydrogens is 416 g/mol. The second-order valence-corrected chi connectivity index (χ2v) is 7.66. The Morgan fingerprint density at radius 1 is 0.968 bits per heavy atom.